The van der Waals surface area contributed by atoms with Crippen LogP contribution in [0.3, 0.4) is 0 Å². The number of aryl methyl sites for hydroxylation is 1. The first-order chi connectivity index (χ1) is 16.9. The lowest BCUT2D eigenvalue weighted by atomic mass is 9.83. The van der Waals surface area contributed by atoms with E-state index in [-0.39, 0.29) is 11.6 Å². The molecule has 7 nitrogen and oxygen atoms in total. The van der Waals surface area contributed by atoms with Gasteiger partial charge >= 0.3 is 6.03 Å². The van der Waals surface area contributed by atoms with Gasteiger partial charge in [-0.1, -0.05) is 41.0 Å². The Labute approximate surface area is 210 Å². The molecule has 2 aliphatic rings. The summed E-state index contributed by atoms with van der Waals surface area (Å²) in [7, 11) is 0. The molecule has 2 amide bonds. The van der Waals surface area contributed by atoms with Crippen LogP contribution in [0.5, 0.6) is 5.75 Å². The Kier molecular flexibility index (Phi) is 6.71. The lowest BCUT2D eigenvalue weighted by molar-refractivity contribution is -0.0355. The molecule has 1 aromatic heterocycles. The number of carbonyl (C=O) groups excluding carboxylic acids is 1. The molecule has 8 heteroatoms. The van der Waals surface area contributed by atoms with Crippen molar-refractivity contribution in [3.8, 4) is 5.75 Å². The molecule has 1 spiro atoms. The molecule has 0 radical (unpaired) electrons. The maximum atomic E-state index is 12.7. The maximum absolute atomic E-state index is 12.7. The van der Waals surface area contributed by atoms with Gasteiger partial charge in [0.05, 0.1) is 17.9 Å². The Morgan fingerprint density at radius 3 is 2.51 bits per heavy atom. The molecule has 0 unspecified atom stereocenters. The van der Waals surface area contributed by atoms with Crippen LogP contribution < -0.4 is 10.1 Å². The van der Waals surface area contributed by atoms with Gasteiger partial charge in [0, 0.05) is 29.6 Å². The summed E-state index contributed by atoms with van der Waals surface area (Å²) in [6, 6.07) is 15.8. The number of halogens is 1. The standard InChI is InChI=1S/C27H30ClN3O4/c1-18-19(2)30-35-25(18)29-26(32)31-13-11-27(12-14-31)15-22(17-34-27)21-5-9-24(10-6-21)33-16-20-3-7-23(28)8-4-20/h3-10,22H,11-17H2,1-2H3,(H,29,32)/t22-/m1/s1. The van der Waals surface area contributed by atoms with Crippen molar-refractivity contribution in [3.63, 3.8) is 0 Å². The van der Waals surface area contributed by atoms with Crippen molar-refractivity contribution in [2.24, 2.45) is 0 Å². The van der Waals surface area contributed by atoms with E-state index in [4.69, 9.17) is 25.6 Å². The summed E-state index contributed by atoms with van der Waals surface area (Å²) in [5, 5.41) is 7.47. The van der Waals surface area contributed by atoms with Crippen LogP contribution in [0.1, 0.15) is 47.6 Å². The van der Waals surface area contributed by atoms with Crippen LogP contribution in [0.15, 0.2) is 53.1 Å². The fourth-order valence-corrected chi connectivity index (χ4v) is 4.94. The van der Waals surface area contributed by atoms with Crippen LogP contribution in [0, 0.1) is 13.8 Å². The Balaban J connectivity index is 1.12. The molecule has 1 N–H and O–H groups in total. The summed E-state index contributed by atoms with van der Waals surface area (Å²) in [5.74, 6) is 1.61. The first-order valence-corrected chi connectivity index (χ1v) is 12.4. The number of benzene rings is 2. The van der Waals surface area contributed by atoms with E-state index in [1.54, 1.807) is 0 Å². The highest BCUT2D eigenvalue weighted by molar-refractivity contribution is 6.30. The number of carbonyl (C=O) groups is 1. The molecule has 0 saturated carbocycles. The van der Waals surface area contributed by atoms with Crippen molar-refractivity contribution < 1.29 is 18.8 Å². The monoisotopic (exact) mass is 495 g/mol. The van der Waals surface area contributed by atoms with Gasteiger partial charge in [-0.25, -0.2) is 4.79 Å². The minimum Gasteiger partial charge on any atom is -0.489 e. The number of rotatable bonds is 5. The van der Waals surface area contributed by atoms with Crippen molar-refractivity contribution in [2.45, 2.75) is 51.2 Å². The van der Waals surface area contributed by atoms with Crippen molar-refractivity contribution in [1.29, 1.82) is 0 Å². The third-order valence-electron chi connectivity index (χ3n) is 7.22. The van der Waals surface area contributed by atoms with Crippen LogP contribution in [0.2, 0.25) is 5.02 Å². The first kappa shape index (κ1) is 23.7. The number of likely N-dealkylation sites (tertiary alicyclic amines) is 1. The van der Waals surface area contributed by atoms with E-state index >= 15 is 0 Å². The predicted octanol–water partition coefficient (Wildman–Crippen LogP) is 6.09. The molecule has 2 saturated heterocycles. The molecule has 184 valence electrons. The molecule has 0 bridgehead atoms. The Bertz CT molecular complexity index is 1170. The minimum absolute atomic E-state index is 0.150. The van der Waals surface area contributed by atoms with Gasteiger partial charge in [0.25, 0.3) is 0 Å². The highest BCUT2D eigenvalue weighted by Crippen LogP contribution is 2.43. The molecule has 2 fully saturated rings. The van der Waals surface area contributed by atoms with Crippen molar-refractivity contribution in [2.75, 3.05) is 25.0 Å². The molecule has 3 aromatic rings. The molecule has 2 aromatic carbocycles. The number of ether oxygens (including phenoxy) is 2. The zero-order chi connectivity index (χ0) is 24.4. The second kappa shape index (κ2) is 9.91. The largest absolute Gasteiger partial charge is 0.489 e. The second-order valence-corrected chi connectivity index (χ2v) is 9.95. The number of nitrogens with one attached hydrogen (secondary N) is 1. The fourth-order valence-electron chi connectivity index (χ4n) is 4.82. The van der Waals surface area contributed by atoms with E-state index in [1.165, 1.54) is 5.56 Å². The molecule has 0 aliphatic carbocycles. The van der Waals surface area contributed by atoms with Crippen LogP contribution in [-0.2, 0) is 11.3 Å². The summed E-state index contributed by atoms with van der Waals surface area (Å²) in [4.78, 5) is 14.5. The van der Waals surface area contributed by atoms with Gasteiger partial charge in [0.1, 0.15) is 12.4 Å². The topological polar surface area (TPSA) is 76.8 Å². The molecular weight excluding hydrogens is 466 g/mol. The Morgan fingerprint density at radius 1 is 1.14 bits per heavy atom. The number of amides is 2. The molecule has 35 heavy (non-hydrogen) atoms. The Morgan fingerprint density at radius 2 is 1.86 bits per heavy atom. The summed E-state index contributed by atoms with van der Waals surface area (Å²) in [5.41, 5.74) is 3.82. The van der Waals surface area contributed by atoms with Crippen molar-refractivity contribution in [3.05, 3.63) is 75.9 Å². The van der Waals surface area contributed by atoms with Gasteiger partial charge in [-0.05, 0) is 68.5 Å². The quantitative estimate of drug-likeness (QED) is 0.463. The maximum Gasteiger partial charge on any atom is 0.324 e. The second-order valence-electron chi connectivity index (χ2n) is 9.52. The van der Waals surface area contributed by atoms with E-state index < -0.39 is 0 Å². The van der Waals surface area contributed by atoms with Crippen LogP contribution >= 0.6 is 11.6 Å². The summed E-state index contributed by atoms with van der Waals surface area (Å²) < 4.78 is 17.5. The highest BCUT2D eigenvalue weighted by atomic mass is 35.5. The van der Waals surface area contributed by atoms with E-state index in [1.807, 2.05) is 55.1 Å². The summed E-state index contributed by atoms with van der Waals surface area (Å²) in [6.07, 6.45) is 2.62. The van der Waals surface area contributed by atoms with Gasteiger partial charge < -0.3 is 18.9 Å². The van der Waals surface area contributed by atoms with Crippen LogP contribution in [0.25, 0.3) is 0 Å². The molecular formula is C27H30ClN3O4. The third-order valence-corrected chi connectivity index (χ3v) is 7.47. The zero-order valence-electron chi connectivity index (χ0n) is 20.1. The number of piperidine rings is 1. The van der Waals surface area contributed by atoms with Gasteiger partial charge in [0.15, 0.2) is 0 Å². The van der Waals surface area contributed by atoms with E-state index in [2.05, 4.69) is 22.6 Å². The average Bonchev–Trinajstić information content (AvgIpc) is 3.43. The predicted molar refractivity (Wildman–Crippen MR) is 134 cm³/mol. The highest BCUT2D eigenvalue weighted by Gasteiger charge is 2.43. The number of nitrogens with zero attached hydrogens (tertiary/aromatic N) is 2. The Hall–Kier alpha value is -3.03. The molecule has 2 aliphatic heterocycles. The van der Waals surface area contributed by atoms with Gasteiger partial charge in [0.2, 0.25) is 5.88 Å². The zero-order valence-corrected chi connectivity index (χ0v) is 20.8. The SMILES string of the molecule is Cc1noc(NC(=O)N2CCC3(CC2)C[C@@H](c2ccc(OCc4ccc(Cl)cc4)cc2)CO3)c1C. The fraction of sp³-hybridized carbons (Fsp3) is 0.407. The van der Waals surface area contributed by atoms with E-state index in [0.29, 0.717) is 38.1 Å². The lowest BCUT2D eigenvalue weighted by Gasteiger charge is -2.38. The van der Waals surface area contributed by atoms with Gasteiger partial charge in [-0.3, -0.25) is 5.32 Å². The van der Waals surface area contributed by atoms with E-state index in [9.17, 15) is 4.79 Å². The number of anilines is 1. The third kappa shape index (κ3) is 5.31. The molecule has 1 atom stereocenters. The summed E-state index contributed by atoms with van der Waals surface area (Å²) in [6.45, 7) is 6.26. The smallest absolute Gasteiger partial charge is 0.324 e. The van der Waals surface area contributed by atoms with Crippen molar-refractivity contribution in [1.82, 2.24) is 10.1 Å². The minimum atomic E-state index is -0.163. The van der Waals surface area contributed by atoms with Crippen LogP contribution in [-0.4, -0.2) is 41.4 Å². The molecule has 5 rings (SSSR count). The lowest BCUT2D eigenvalue weighted by Crippen LogP contribution is -2.47. The number of hydrogen-bond donors (Lipinski definition) is 1. The number of hydrogen-bond acceptors (Lipinski definition) is 5. The van der Waals surface area contributed by atoms with E-state index in [0.717, 1.165) is 46.9 Å². The van der Waals surface area contributed by atoms with Gasteiger partial charge in [-0.15, -0.1) is 0 Å². The van der Waals surface area contributed by atoms with Crippen molar-refractivity contribution >= 4 is 23.5 Å². The average molecular weight is 496 g/mol. The van der Waals surface area contributed by atoms with Gasteiger partial charge in [-0.2, -0.15) is 0 Å². The normalized spacial score (nSPS) is 19.2. The number of aromatic nitrogens is 1. The molecule has 3 heterocycles. The number of urea groups is 1. The summed E-state index contributed by atoms with van der Waals surface area (Å²) >= 11 is 5.94. The van der Waals surface area contributed by atoms with Crippen LogP contribution in [0.4, 0.5) is 10.7 Å². The first-order valence-electron chi connectivity index (χ1n) is 12.0.